The molecule has 2 unspecified atom stereocenters. The fraction of sp³-hybridized carbons (Fsp3) is 0.900. The molecular formula is C20H42Mg. The molecule has 124 valence electrons. The molecule has 0 aliphatic carbocycles. The summed E-state index contributed by atoms with van der Waals surface area (Å²) in [5.41, 5.74) is 0. The van der Waals surface area contributed by atoms with Gasteiger partial charge in [-0.15, -0.1) is 0 Å². The monoisotopic (exact) mass is 306 g/mol. The minimum Gasteiger partial charge on any atom is -0.341 e. The van der Waals surface area contributed by atoms with Gasteiger partial charge in [-0.25, -0.2) is 0 Å². The molecule has 0 amide bonds. The molecule has 0 aromatic rings. The van der Waals surface area contributed by atoms with Gasteiger partial charge in [0.2, 0.25) is 0 Å². The van der Waals surface area contributed by atoms with Crippen LogP contribution in [0.25, 0.3) is 0 Å². The molecule has 0 aliphatic heterocycles. The van der Waals surface area contributed by atoms with E-state index in [9.17, 15) is 0 Å². The molecule has 0 spiro atoms. The Morgan fingerprint density at radius 2 is 0.857 bits per heavy atom. The molecule has 0 fully saturated rings. The molecule has 0 aromatic carbocycles. The van der Waals surface area contributed by atoms with Gasteiger partial charge in [0, 0.05) is 0 Å². The molecule has 0 nitrogen and oxygen atoms in total. The molecule has 21 heavy (non-hydrogen) atoms. The van der Waals surface area contributed by atoms with Gasteiger partial charge in [-0.2, -0.15) is 11.8 Å². The fourth-order valence-corrected chi connectivity index (χ4v) is 2.19. The van der Waals surface area contributed by atoms with Gasteiger partial charge < -0.3 is 13.8 Å². The summed E-state index contributed by atoms with van der Waals surface area (Å²) >= 11 is 0. The Bertz CT molecular complexity index is 134. The number of unbranched alkanes of at least 4 members (excludes halogenated alkanes) is 8. The van der Waals surface area contributed by atoms with Crippen molar-refractivity contribution < 1.29 is 0 Å². The maximum absolute atomic E-state index is 3.96. The van der Waals surface area contributed by atoms with Crippen molar-refractivity contribution in [3.8, 4) is 0 Å². The van der Waals surface area contributed by atoms with E-state index in [4.69, 9.17) is 0 Å². The van der Waals surface area contributed by atoms with Gasteiger partial charge in [0.1, 0.15) is 0 Å². The molecule has 1 heteroatoms. The molecule has 2 atom stereocenters. The van der Waals surface area contributed by atoms with Gasteiger partial charge in [0.25, 0.3) is 0 Å². The van der Waals surface area contributed by atoms with Crippen LogP contribution in [0.1, 0.15) is 105 Å². The first kappa shape index (κ1) is 26.7. The van der Waals surface area contributed by atoms with Crippen LogP contribution < -0.4 is 0 Å². The summed E-state index contributed by atoms with van der Waals surface area (Å²) in [4.78, 5) is 0. The van der Waals surface area contributed by atoms with E-state index >= 15 is 0 Å². The molecule has 0 bridgehead atoms. The van der Waals surface area contributed by atoms with Crippen LogP contribution in [-0.4, -0.2) is 23.1 Å². The molecule has 0 aliphatic rings. The van der Waals surface area contributed by atoms with Crippen LogP contribution in [0.15, 0.2) is 0 Å². The van der Waals surface area contributed by atoms with E-state index in [-0.39, 0.29) is 23.1 Å². The third-order valence-corrected chi connectivity index (χ3v) is 3.60. The molecule has 0 radical (unpaired) electrons. The standard InChI is InChI=1S/2C10H21.Mg/c2*1-4-5-6-7-8-9-10(2)3;/h2*10H,2,4-9H2,1,3H3;/q2*-1;+2. The zero-order chi connectivity index (χ0) is 15.6. The van der Waals surface area contributed by atoms with Crippen molar-refractivity contribution in [3.63, 3.8) is 0 Å². The second-order valence-electron chi connectivity index (χ2n) is 6.62. The summed E-state index contributed by atoms with van der Waals surface area (Å²) in [6.45, 7) is 16.8. The Kier molecular flexibility index (Phi) is 29.2. The van der Waals surface area contributed by atoms with Gasteiger partial charge in [-0.05, 0) is 0 Å². The van der Waals surface area contributed by atoms with Crippen LogP contribution in [-0.2, 0) is 0 Å². The van der Waals surface area contributed by atoms with Gasteiger partial charge in [-0.3, -0.25) is 0 Å². The van der Waals surface area contributed by atoms with Gasteiger partial charge >= 0.3 is 23.1 Å². The Morgan fingerprint density at radius 3 is 1.10 bits per heavy atom. The average Bonchev–Trinajstić information content (AvgIpc) is 2.38. The van der Waals surface area contributed by atoms with Gasteiger partial charge in [0.05, 0.1) is 0 Å². The number of hydrogen-bond donors (Lipinski definition) is 0. The third-order valence-electron chi connectivity index (χ3n) is 3.60. The Morgan fingerprint density at radius 1 is 0.571 bits per heavy atom. The fourth-order valence-electron chi connectivity index (χ4n) is 2.19. The first-order valence-electron chi connectivity index (χ1n) is 9.20. The summed E-state index contributed by atoms with van der Waals surface area (Å²) in [6, 6.07) is 0. The first-order valence-corrected chi connectivity index (χ1v) is 9.20. The van der Waals surface area contributed by atoms with E-state index in [2.05, 4.69) is 41.5 Å². The van der Waals surface area contributed by atoms with Crippen LogP contribution in [0, 0.1) is 25.7 Å². The summed E-state index contributed by atoms with van der Waals surface area (Å²) in [5, 5.41) is 0. The molecule has 0 rings (SSSR count). The van der Waals surface area contributed by atoms with E-state index in [0.717, 1.165) is 0 Å². The number of rotatable bonds is 12. The summed E-state index contributed by atoms with van der Waals surface area (Å²) < 4.78 is 0. The SMILES string of the molecule is [CH2-]C(C)CCCCCCC.[CH2-]C(C)CCCCCCC.[Mg+2]. The van der Waals surface area contributed by atoms with Crippen LogP contribution in [0.3, 0.4) is 0 Å². The van der Waals surface area contributed by atoms with E-state index in [0.29, 0.717) is 11.8 Å². The summed E-state index contributed by atoms with van der Waals surface area (Å²) in [7, 11) is 0. The van der Waals surface area contributed by atoms with Crippen molar-refractivity contribution in [2.45, 2.75) is 105 Å². The Labute approximate surface area is 153 Å². The first-order chi connectivity index (χ1) is 9.54. The normalized spacial score (nSPS) is 12.9. The maximum Gasteiger partial charge on any atom is 2.00 e. The van der Waals surface area contributed by atoms with E-state index < -0.39 is 0 Å². The van der Waals surface area contributed by atoms with Crippen LogP contribution in [0.5, 0.6) is 0 Å². The predicted molar refractivity (Wildman–Crippen MR) is 102 cm³/mol. The van der Waals surface area contributed by atoms with E-state index in [1.807, 2.05) is 0 Å². The molecule has 0 saturated heterocycles. The van der Waals surface area contributed by atoms with E-state index in [1.54, 1.807) is 0 Å². The average molecular weight is 307 g/mol. The minimum atomic E-state index is 0. The minimum absolute atomic E-state index is 0. The third kappa shape index (κ3) is 33.5. The van der Waals surface area contributed by atoms with E-state index in [1.165, 1.54) is 77.0 Å². The van der Waals surface area contributed by atoms with Crippen molar-refractivity contribution in [1.82, 2.24) is 0 Å². The van der Waals surface area contributed by atoms with Crippen molar-refractivity contribution >= 4 is 23.1 Å². The predicted octanol–water partition coefficient (Wildman–Crippen LogP) is 7.25. The van der Waals surface area contributed by atoms with Crippen LogP contribution in [0.4, 0.5) is 0 Å². The summed E-state index contributed by atoms with van der Waals surface area (Å²) in [6.07, 6.45) is 16.5. The van der Waals surface area contributed by atoms with Crippen molar-refractivity contribution in [2.24, 2.45) is 11.8 Å². The molecule has 0 heterocycles. The van der Waals surface area contributed by atoms with Crippen molar-refractivity contribution in [1.29, 1.82) is 0 Å². The van der Waals surface area contributed by atoms with Crippen LogP contribution in [0.2, 0.25) is 0 Å². The second kappa shape index (κ2) is 23.0. The second-order valence-corrected chi connectivity index (χ2v) is 6.62. The molecule has 0 saturated carbocycles. The largest absolute Gasteiger partial charge is 2.00 e. The van der Waals surface area contributed by atoms with Gasteiger partial charge in [-0.1, -0.05) is 105 Å². The molecular weight excluding hydrogens is 265 g/mol. The summed E-state index contributed by atoms with van der Waals surface area (Å²) in [5.74, 6) is 1.31. The zero-order valence-corrected chi connectivity index (χ0v) is 17.2. The van der Waals surface area contributed by atoms with Crippen molar-refractivity contribution in [3.05, 3.63) is 13.8 Å². The maximum atomic E-state index is 3.96. The zero-order valence-electron chi connectivity index (χ0n) is 15.8. The quantitative estimate of drug-likeness (QED) is 0.202. The van der Waals surface area contributed by atoms with Crippen molar-refractivity contribution in [2.75, 3.05) is 0 Å². The Balaban J connectivity index is -0.000000295. The Hall–Kier alpha value is 0.766. The topological polar surface area (TPSA) is 0 Å². The molecule has 0 N–H and O–H groups in total. The smallest absolute Gasteiger partial charge is 0.341 e. The molecule has 0 aromatic heterocycles. The van der Waals surface area contributed by atoms with Gasteiger partial charge in [0.15, 0.2) is 0 Å². The van der Waals surface area contributed by atoms with Crippen LogP contribution >= 0.6 is 0 Å². The number of hydrogen-bond acceptors (Lipinski definition) is 0.